The Labute approximate surface area is 117 Å². The normalized spacial score (nSPS) is 17.8. The first kappa shape index (κ1) is 16.3. The molecule has 0 saturated carbocycles. The molecule has 0 spiro atoms. The van der Waals surface area contributed by atoms with Crippen LogP contribution in [0.1, 0.15) is 18.0 Å². The molecule has 1 aromatic carbocycles. The summed E-state index contributed by atoms with van der Waals surface area (Å²) in [6.45, 7) is 2.49. The van der Waals surface area contributed by atoms with E-state index in [1.54, 1.807) is 6.07 Å². The van der Waals surface area contributed by atoms with Gasteiger partial charge in [-0.1, -0.05) is 12.1 Å². The summed E-state index contributed by atoms with van der Waals surface area (Å²) in [4.78, 5) is 2.01. The van der Waals surface area contributed by atoms with E-state index in [-0.39, 0.29) is 30.4 Å². The summed E-state index contributed by atoms with van der Waals surface area (Å²) in [5.74, 6) is -1.72. The van der Waals surface area contributed by atoms with E-state index in [1.165, 1.54) is 6.07 Å². The molecule has 6 heteroatoms. The summed E-state index contributed by atoms with van der Waals surface area (Å²) < 4.78 is 39.7. The van der Waals surface area contributed by atoms with E-state index in [1.807, 2.05) is 4.90 Å². The van der Waals surface area contributed by atoms with Crippen molar-refractivity contribution >= 4 is 12.4 Å². The lowest BCUT2D eigenvalue weighted by molar-refractivity contribution is 0.153. The average molecular weight is 295 g/mol. The second-order valence-corrected chi connectivity index (χ2v) is 4.42. The van der Waals surface area contributed by atoms with Crippen LogP contribution in [0.4, 0.5) is 13.2 Å². The first-order valence-corrected chi connectivity index (χ1v) is 6.18. The second-order valence-electron chi connectivity index (χ2n) is 4.42. The summed E-state index contributed by atoms with van der Waals surface area (Å²) in [7, 11) is 0. The zero-order valence-electron chi connectivity index (χ0n) is 10.5. The molecule has 1 aromatic rings. The molecule has 1 atom stereocenters. The van der Waals surface area contributed by atoms with Gasteiger partial charge in [-0.3, -0.25) is 9.29 Å². The van der Waals surface area contributed by atoms with Crippen LogP contribution in [0.25, 0.3) is 0 Å². The number of hydrogen-bond acceptors (Lipinski definition) is 2. The molecule has 1 fully saturated rings. The number of piperazine rings is 1. The third kappa shape index (κ3) is 3.84. The van der Waals surface area contributed by atoms with Crippen molar-refractivity contribution in [2.24, 2.45) is 0 Å². The summed E-state index contributed by atoms with van der Waals surface area (Å²) in [5, 5.41) is 3.19. The molecule has 0 unspecified atom stereocenters. The molecule has 19 heavy (non-hydrogen) atoms. The van der Waals surface area contributed by atoms with Gasteiger partial charge in [0.2, 0.25) is 0 Å². The predicted octanol–water partition coefficient (Wildman–Crippen LogP) is 2.69. The maximum Gasteiger partial charge on any atom is 0.163 e. The highest BCUT2D eigenvalue weighted by Gasteiger charge is 2.25. The molecule has 2 rings (SSSR count). The van der Waals surface area contributed by atoms with E-state index < -0.39 is 18.3 Å². The van der Waals surface area contributed by atoms with Crippen LogP contribution < -0.4 is 5.32 Å². The van der Waals surface area contributed by atoms with Crippen LogP contribution >= 0.6 is 12.4 Å². The first-order valence-electron chi connectivity index (χ1n) is 6.18. The van der Waals surface area contributed by atoms with Gasteiger partial charge in [-0.15, -0.1) is 12.4 Å². The van der Waals surface area contributed by atoms with Crippen LogP contribution in [0.15, 0.2) is 18.2 Å². The molecule has 0 radical (unpaired) electrons. The van der Waals surface area contributed by atoms with Crippen molar-refractivity contribution in [2.45, 2.75) is 12.5 Å². The molecule has 0 aliphatic carbocycles. The van der Waals surface area contributed by atoms with E-state index in [9.17, 15) is 13.2 Å². The SMILES string of the molecule is Cl.FCC[C@@H](c1cccc(F)c1F)N1CCNCC1. The standard InChI is InChI=1S/C13H17F3N2.ClH/c14-5-4-12(18-8-6-17-7-9-18)10-2-1-3-11(15)13(10)16;/h1-3,12,17H,4-9H2;1H/t12-;/m0./s1. The van der Waals surface area contributed by atoms with Gasteiger partial charge in [0.25, 0.3) is 0 Å². The van der Waals surface area contributed by atoms with Crippen molar-refractivity contribution in [3.8, 4) is 0 Å². The fourth-order valence-electron chi connectivity index (χ4n) is 2.41. The first-order chi connectivity index (χ1) is 8.74. The number of halogens is 4. The van der Waals surface area contributed by atoms with E-state index in [4.69, 9.17) is 0 Å². The minimum atomic E-state index is -0.869. The van der Waals surface area contributed by atoms with Gasteiger partial charge in [0.1, 0.15) is 0 Å². The molecule has 108 valence electrons. The Kier molecular flexibility index (Phi) is 6.62. The summed E-state index contributed by atoms with van der Waals surface area (Å²) in [6, 6.07) is 3.72. The van der Waals surface area contributed by atoms with E-state index >= 15 is 0 Å². The smallest absolute Gasteiger partial charge is 0.163 e. The van der Waals surface area contributed by atoms with Crippen molar-refractivity contribution < 1.29 is 13.2 Å². The Morgan fingerprint density at radius 3 is 2.53 bits per heavy atom. The molecule has 1 aliphatic heterocycles. The molecule has 1 saturated heterocycles. The molecular weight excluding hydrogens is 277 g/mol. The zero-order chi connectivity index (χ0) is 13.0. The second kappa shape index (κ2) is 7.72. The van der Waals surface area contributed by atoms with Crippen molar-refractivity contribution in [1.29, 1.82) is 0 Å². The topological polar surface area (TPSA) is 15.3 Å². The van der Waals surface area contributed by atoms with Crippen LogP contribution in [0.5, 0.6) is 0 Å². The number of nitrogens with zero attached hydrogens (tertiary/aromatic N) is 1. The summed E-state index contributed by atoms with van der Waals surface area (Å²) in [5.41, 5.74) is 0.259. The number of nitrogens with one attached hydrogen (secondary N) is 1. The van der Waals surface area contributed by atoms with E-state index in [2.05, 4.69) is 5.32 Å². The lowest BCUT2D eigenvalue weighted by Crippen LogP contribution is -2.45. The highest BCUT2D eigenvalue weighted by atomic mass is 35.5. The van der Waals surface area contributed by atoms with Gasteiger partial charge in [0.05, 0.1) is 6.67 Å². The number of alkyl halides is 1. The summed E-state index contributed by atoms with van der Waals surface area (Å²) >= 11 is 0. The van der Waals surface area contributed by atoms with Crippen LogP contribution in [-0.2, 0) is 0 Å². The van der Waals surface area contributed by atoms with Crippen molar-refractivity contribution in [1.82, 2.24) is 10.2 Å². The van der Waals surface area contributed by atoms with Crippen LogP contribution in [-0.4, -0.2) is 37.8 Å². The molecule has 0 aromatic heterocycles. The van der Waals surface area contributed by atoms with Crippen LogP contribution in [0.3, 0.4) is 0 Å². The fourth-order valence-corrected chi connectivity index (χ4v) is 2.41. The lowest BCUT2D eigenvalue weighted by Gasteiger charge is -2.35. The minimum absolute atomic E-state index is 0. The Hall–Kier alpha value is -0.780. The van der Waals surface area contributed by atoms with Gasteiger partial charge in [-0.2, -0.15) is 0 Å². The molecular formula is C13H18ClF3N2. The van der Waals surface area contributed by atoms with Gasteiger partial charge in [0, 0.05) is 37.8 Å². The largest absolute Gasteiger partial charge is 0.314 e. The third-order valence-electron chi connectivity index (χ3n) is 3.32. The molecule has 2 nitrogen and oxygen atoms in total. The highest BCUT2D eigenvalue weighted by Crippen LogP contribution is 2.28. The van der Waals surface area contributed by atoms with Gasteiger partial charge in [0.15, 0.2) is 11.6 Å². The Bertz CT molecular complexity index is 397. The third-order valence-corrected chi connectivity index (χ3v) is 3.32. The molecule has 0 amide bonds. The molecule has 0 bridgehead atoms. The Morgan fingerprint density at radius 1 is 1.21 bits per heavy atom. The van der Waals surface area contributed by atoms with Crippen molar-refractivity contribution in [3.05, 3.63) is 35.4 Å². The minimum Gasteiger partial charge on any atom is -0.314 e. The van der Waals surface area contributed by atoms with E-state index in [0.717, 1.165) is 32.2 Å². The van der Waals surface area contributed by atoms with Gasteiger partial charge < -0.3 is 5.32 Å². The predicted molar refractivity (Wildman–Crippen MR) is 71.4 cm³/mol. The van der Waals surface area contributed by atoms with Crippen LogP contribution in [0.2, 0.25) is 0 Å². The maximum absolute atomic E-state index is 13.8. The number of hydrogen-bond donors (Lipinski definition) is 1. The fraction of sp³-hybridized carbons (Fsp3) is 0.538. The molecule has 1 heterocycles. The maximum atomic E-state index is 13.8. The van der Waals surface area contributed by atoms with Gasteiger partial charge in [-0.05, 0) is 12.5 Å². The van der Waals surface area contributed by atoms with Crippen molar-refractivity contribution in [2.75, 3.05) is 32.9 Å². The zero-order valence-corrected chi connectivity index (χ0v) is 11.4. The Morgan fingerprint density at radius 2 is 1.89 bits per heavy atom. The van der Waals surface area contributed by atoms with Gasteiger partial charge in [-0.25, -0.2) is 8.78 Å². The monoisotopic (exact) mass is 294 g/mol. The Balaban J connectivity index is 0.00000180. The number of rotatable bonds is 4. The molecule has 1 aliphatic rings. The van der Waals surface area contributed by atoms with Crippen LogP contribution in [0, 0.1) is 11.6 Å². The van der Waals surface area contributed by atoms with Gasteiger partial charge >= 0.3 is 0 Å². The van der Waals surface area contributed by atoms with Crippen molar-refractivity contribution in [3.63, 3.8) is 0 Å². The lowest BCUT2D eigenvalue weighted by atomic mass is 10.0. The number of benzene rings is 1. The quantitative estimate of drug-likeness (QED) is 0.918. The summed E-state index contributed by atoms with van der Waals surface area (Å²) in [6.07, 6.45) is 0.195. The highest BCUT2D eigenvalue weighted by molar-refractivity contribution is 5.85. The van der Waals surface area contributed by atoms with E-state index in [0.29, 0.717) is 0 Å². The molecule has 1 N–H and O–H groups in total. The average Bonchev–Trinajstić information content (AvgIpc) is 2.41.